The summed E-state index contributed by atoms with van der Waals surface area (Å²) in [6.07, 6.45) is 0. The van der Waals surface area contributed by atoms with Gasteiger partial charge in [-0.25, -0.2) is 13.2 Å². The molecular weight excluding hydrogens is 504 g/mol. The van der Waals surface area contributed by atoms with E-state index in [2.05, 4.69) is 20.7 Å². The Kier molecular flexibility index (Phi) is 6.06. The van der Waals surface area contributed by atoms with Crippen molar-refractivity contribution in [2.45, 2.75) is 18.7 Å². The van der Waals surface area contributed by atoms with Crippen molar-refractivity contribution in [2.24, 2.45) is 0 Å². The number of aryl methyl sites for hydroxylation is 1. The van der Waals surface area contributed by atoms with Crippen LogP contribution in [0.3, 0.4) is 0 Å². The molecule has 2 aromatic carbocycles. The molecule has 0 aliphatic rings. The van der Waals surface area contributed by atoms with Gasteiger partial charge in [-0.3, -0.25) is 14.8 Å². The van der Waals surface area contributed by atoms with Gasteiger partial charge in [0, 0.05) is 17.5 Å². The molecule has 0 saturated heterocycles. The van der Waals surface area contributed by atoms with E-state index in [1.165, 1.54) is 12.1 Å². The van der Waals surface area contributed by atoms with Crippen LogP contribution in [0.2, 0.25) is 5.02 Å². The molecule has 3 rings (SSSR count). The molecule has 0 aliphatic carbocycles. The second-order valence-corrected chi connectivity index (χ2v) is 8.98. The molecule has 0 saturated carbocycles. The average Bonchev–Trinajstić information content (AvgIpc) is 2.98. The standard InChI is InChI=1S/C18H14BrClN2O7S/c1-3-28-18(23)16-9(2)29-17-12(16)6-10(7-13(17)19)21-30(26,27)15-8-11(22(24)25)4-5-14(15)20/h4-8,21H,3H2,1-2H3. The van der Waals surface area contributed by atoms with E-state index in [4.69, 9.17) is 20.8 Å². The van der Waals surface area contributed by atoms with Crippen LogP contribution in [0.4, 0.5) is 11.4 Å². The van der Waals surface area contributed by atoms with Crippen molar-refractivity contribution in [1.82, 2.24) is 0 Å². The summed E-state index contributed by atoms with van der Waals surface area (Å²) in [5.74, 6) is -0.298. The molecule has 30 heavy (non-hydrogen) atoms. The van der Waals surface area contributed by atoms with Crippen LogP contribution in [-0.2, 0) is 14.8 Å². The van der Waals surface area contributed by atoms with Gasteiger partial charge in [0.25, 0.3) is 15.7 Å². The van der Waals surface area contributed by atoms with E-state index in [0.29, 0.717) is 21.2 Å². The molecule has 0 radical (unpaired) electrons. The lowest BCUT2D eigenvalue weighted by Gasteiger charge is -2.10. The van der Waals surface area contributed by atoms with Crippen LogP contribution in [0, 0.1) is 17.0 Å². The van der Waals surface area contributed by atoms with Crippen molar-refractivity contribution < 1.29 is 27.3 Å². The van der Waals surface area contributed by atoms with Gasteiger partial charge in [-0.05, 0) is 48.0 Å². The quantitative estimate of drug-likeness (QED) is 0.275. The number of nitrogens with zero attached hydrogens (tertiary/aromatic N) is 1. The highest BCUT2D eigenvalue weighted by molar-refractivity contribution is 9.10. The monoisotopic (exact) mass is 516 g/mol. The number of sulfonamides is 1. The number of carbonyl (C=O) groups excluding carboxylic acids is 1. The number of esters is 1. The summed E-state index contributed by atoms with van der Waals surface area (Å²) < 4.78 is 39.0. The molecule has 3 aromatic rings. The molecular formula is C18H14BrClN2O7S. The number of ether oxygens (including phenoxy) is 1. The van der Waals surface area contributed by atoms with Gasteiger partial charge in [0.05, 0.1) is 26.7 Å². The predicted octanol–water partition coefficient (Wildman–Crippen LogP) is 5.04. The van der Waals surface area contributed by atoms with Crippen LogP contribution in [0.1, 0.15) is 23.0 Å². The fraction of sp³-hybridized carbons (Fsp3) is 0.167. The van der Waals surface area contributed by atoms with E-state index in [-0.39, 0.29) is 22.9 Å². The van der Waals surface area contributed by atoms with E-state index in [1.54, 1.807) is 13.8 Å². The van der Waals surface area contributed by atoms with Crippen molar-refractivity contribution in [3.05, 3.63) is 61.3 Å². The van der Waals surface area contributed by atoms with E-state index in [0.717, 1.165) is 18.2 Å². The third-order valence-corrected chi connectivity index (χ3v) is 6.52. The number of non-ortho nitro benzene ring substituents is 1. The number of benzene rings is 2. The van der Waals surface area contributed by atoms with Gasteiger partial charge in [-0.15, -0.1) is 0 Å². The van der Waals surface area contributed by atoms with E-state index in [1.807, 2.05) is 0 Å². The lowest BCUT2D eigenvalue weighted by molar-refractivity contribution is -0.385. The molecule has 158 valence electrons. The Labute approximate surface area is 184 Å². The van der Waals surface area contributed by atoms with Gasteiger partial charge < -0.3 is 9.15 Å². The summed E-state index contributed by atoms with van der Waals surface area (Å²) in [6, 6.07) is 5.94. The van der Waals surface area contributed by atoms with Crippen LogP contribution in [0.5, 0.6) is 0 Å². The molecule has 0 bridgehead atoms. The lowest BCUT2D eigenvalue weighted by atomic mass is 10.1. The number of rotatable bonds is 6. The summed E-state index contributed by atoms with van der Waals surface area (Å²) in [7, 11) is -4.28. The minimum absolute atomic E-state index is 0.0864. The van der Waals surface area contributed by atoms with E-state index in [9.17, 15) is 23.3 Å². The highest BCUT2D eigenvalue weighted by atomic mass is 79.9. The Bertz CT molecular complexity index is 1290. The lowest BCUT2D eigenvalue weighted by Crippen LogP contribution is -2.14. The number of nitro groups is 1. The summed E-state index contributed by atoms with van der Waals surface area (Å²) in [6.45, 7) is 3.41. The number of furan rings is 1. The fourth-order valence-corrected chi connectivity index (χ4v) is 4.92. The van der Waals surface area contributed by atoms with Crippen LogP contribution < -0.4 is 4.72 Å². The number of halogens is 2. The zero-order chi connectivity index (χ0) is 22.2. The Morgan fingerprint density at radius 3 is 2.67 bits per heavy atom. The third-order valence-electron chi connectivity index (χ3n) is 4.07. The highest BCUT2D eigenvalue weighted by Crippen LogP contribution is 2.36. The number of anilines is 1. The van der Waals surface area contributed by atoms with Crippen LogP contribution in [0.15, 0.2) is 44.1 Å². The zero-order valence-corrected chi connectivity index (χ0v) is 18.7. The molecule has 0 unspecified atom stereocenters. The van der Waals surface area contributed by atoms with E-state index >= 15 is 0 Å². The van der Waals surface area contributed by atoms with Crippen LogP contribution in [0.25, 0.3) is 11.0 Å². The van der Waals surface area contributed by atoms with Crippen molar-refractivity contribution in [2.75, 3.05) is 11.3 Å². The smallest absolute Gasteiger partial charge is 0.342 e. The Hall–Kier alpha value is -2.63. The minimum atomic E-state index is -4.28. The summed E-state index contributed by atoms with van der Waals surface area (Å²) in [5.41, 5.74) is 0.170. The topological polar surface area (TPSA) is 129 Å². The molecule has 1 aromatic heterocycles. The number of carbonyl (C=O) groups is 1. The molecule has 0 amide bonds. The number of hydrogen-bond donors (Lipinski definition) is 1. The molecule has 0 fully saturated rings. The normalized spacial score (nSPS) is 11.5. The second-order valence-electron chi connectivity index (χ2n) is 6.07. The molecule has 12 heteroatoms. The first-order valence-electron chi connectivity index (χ1n) is 8.41. The predicted molar refractivity (Wildman–Crippen MR) is 114 cm³/mol. The number of hydrogen-bond acceptors (Lipinski definition) is 7. The SMILES string of the molecule is CCOC(=O)c1c(C)oc2c(Br)cc(NS(=O)(=O)c3cc([N+](=O)[O-])ccc3Cl)cc12. The van der Waals surface area contributed by atoms with Crippen LogP contribution in [-0.4, -0.2) is 25.9 Å². The fourth-order valence-electron chi connectivity index (χ4n) is 2.81. The maximum atomic E-state index is 12.8. The molecule has 9 nitrogen and oxygen atoms in total. The largest absolute Gasteiger partial charge is 0.462 e. The van der Waals surface area contributed by atoms with Crippen molar-refractivity contribution >= 4 is 65.9 Å². The Morgan fingerprint density at radius 1 is 1.33 bits per heavy atom. The summed E-state index contributed by atoms with van der Waals surface area (Å²) >= 11 is 9.25. The van der Waals surface area contributed by atoms with Gasteiger partial charge >= 0.3 is 5.97 Å². The van der Waals surface area contributed by atoms with Gasteiger partial charge in [0.2, 0.25) is 0 Å². The van der Waals surface area contributed by atoms with Crippen molar-refractivity contribution in [3.63, 3.8) is 0 Å². The summed E-state index contributed by atoms with van der Waals surface area (Å²) in [5, 5.41) is 11.1. The molecule has 1 heterocycles. The van der Waals surface area contributed by atoms with E-state index < -0.39 is 31.5 Å². The number of nitro benzene ring substituents is 1. The molecule has 0 aliphatic heterocycles. The van der Waals surface area contributed by atoms with Crippen molar-refractivity contribution in [3.8, 4) is 0 Å². The van der Waals surface area contributed by atoms with Gasteiger partial charge in [0.1, 0.15) is 21.8 Å². The van der Waals surface area contributed by atoms with Crippen LogP contribution >= 0.6 is 27.5 Å². The maximum Gasteiger partial charge on any atom is 0.342 e. The van der Waals surface area contributed by atoms with Gasteiger partial charge in [-0.2, -0.15) is 0 Å². The number of fused-ring (bicyclic) bond motifs is 1. The maximum absolute atomic E-state index is 12.8. The molecule has 0 atom stereocenters. The first-order chi connectivity index (χ1) is 14.0. The first kappa shape index (κ1) is 22.1. The summed E-state index contributed by atoms with van der Waals surface area (Å²) in [4.78, 5) is 22.1. The molecule has 0 spiro atoms. The second kappa shape index (κ2) is 8.25. The Morgan fingerprint density at radius 2 is 2.03 bits per heavy atom. The highest BCUT2D eigenvalue weighted by Gasteiger charge is 2.25. The van der Waals surface area contributed by atoms with Gasteiger partial charge in [0.15, 0.2) is 0 Å². The first-order valence-corrected chi connectivity index (χ1v) is 11.1. The Balaban J connectivity index is 2.10. The third kappa shape index (κ3) is 4.13. The molecule has 1 N–H and O–H groups in total. The van der Waals surface area contributed by atoms with Crippen molar-refractivity contribution in [1.29, 1.82) is 0 Å². The van der Waals surface area contributed by atoms with Gasteiger partial charge in [-0.1, -0.05) is 11.6 Å². The number of nitrogens with one attached hydrogen (secondary N) is 1. The zero-order valence-electron chi connectivity index (χ0n) is 15.6. The minimum Gasteiger partial charge on any atom is -0.462 e. The average molecular weight is 518 g/mol.